The standard InChI is InChI=1S/C22H20F3N5/c1-14-4-2-7-17-18(14)19-20(28-17)21(27-13-26-19)30-10-8-29(9-11-30)16-6-3-5-15(12-16)22(23,24)25/h2-7,12-13,28H,8-11H2,1H3. The molecule has 3 heterocycles. The molecule has 30 heavy (non-hydrogen) atoms. The Bertz CT molecular complexity index is 1220. The van der Waals surface area contributed by atoms with Gasteiger partial charge >= 0.3 is 6.18 Å². The second kappa shape index (κ2) is 6.90. The van der Waals surface area contributed by atoms with E-state index in [2.05, 4.69) is 32.8 Å². The van der Waals surface area contributed by atoms with Crippen molar-refractivity contribution in [2.75, 3.05) is 36.0 Å². The molecule has 0 amide bonds. The van der Waals surface area contributed by atoms with Crippen LogP contribution >= 0.6 is 0 Å². The number of hydrogen-bond donors (Lipinski definition) is 1. The van der Waals surface area contributed by atoms with E-state index >= 15 is 0 Å². The number of anilines is 2. The lowest BCUT2D eigenvalue weighted by Gasteiger charge is -2.37. The fraction of sp³-hybridized carbons (Fsp3) is 0.273. The molecule has 4 aromatic rings. The van der Waals surface area contributed by atoms with Crippen LogP contribution in [0, 0.1) is 6.92 Å². The largest absolute Gasteiger partial charge is 0.416 e. The molecule has 0 saturated carbocycles. The molecule has 0 atom stereocenters. The maximum absolute atomic E-state index is 13.0. The summed E-state index contributed by atoms with van der Waals surface area (Å²) in [5, 5.41) is 1.10. The van der Waals surface area contributed by atoms with Gasteiger partial charge in [0.25, 0.3) is 0 Å². The summed E-state index contributed by atoms with van der Waals surface area (Å²) in [5.74, 6) is 0.833. The Hall–Kier alpha value is -3.29. The fourth-order valence-corrected chi connectivity index (χ4v) is 4.20. The van der Waals surface area contributed by atoms with Gasteiger partial charge in [-0.2, -0.15) is 13.2 Å². The van der Waals surface area contributed by atoms with Crippen LogP contribution in [0.25, 0.3) is 21.9 Å². The molecule has 8 heteroatoms. The summed E-state index contributed by atoms with van der Waals surface area (Å²) >= 11 is 0. The highest BCUT2D eigenvalue weighted by Crippen LogP contribution is 2.33. The van der Waals surface area contributed by atoms with Crippen molar-refractivity contribution < 1.29 is 13.2 Å². The van der Waals surface area contributed by atoms with E-state index in [1.807, 2.05) is 17.0 Å². The van der Waals surface area contributed by atoms with Gasteiger partial charge in [-0.15, -0.1) is 0 Å². The number of benzene rings is 2. The number of aromatic amines is 1. The Balaban J connectivity index is 1.42. The molecule has 2 aromatic heterocycles. The van der Waals surface area contributed by atoms with E-state index in [4.69, 9.17) is 0 Å². The first-order valence-electron chi connectivity index (χ1n) is 9.81. The van der Waals surface area contributed by atoms with Gasteiger partial charge in [-0.1, -0.05) is 18.2 Å². The second-order valence-electron chi connectivity index (χ2n) is 7.57. The summed E-state index contributed by atoms with van der Waals surface area (Å²) in [6, 6.07) is 11.6. The number of aryl methyl sites for hydroxylation is 1. The molecule has 5 rings (SSSR count). The number of piperazine rings is 1. The first kappa shape index (κ1) is 18.7. The number of H-pyrrole nitrogens is 1. The van der Waals surface area contributed by atoms with Crippen molar-refractivity contribution in [1.82, 2.24) is 15.0 Å². The molecule has 1 fully saturated rings. The van der Waals surface area contributed by atoms with Crippen molar-refractivity contribution in [2.24, 2.45) is 0 Å². The number of rotatable bonds is 2. The highest BCUT2D eigenvalue weighted by molar-refractivity contribution is 6.09. The van der Waals surface area contributed by atoms with Crippen LogP contribution in [0.15, 0.2) is 48.8 Å². The van der Waals surface area contributed by atoms with Crippen LogP contribution in [0.1, 0.15) is 11.1 Å². The normalized spacial score (nSPS) is 15.3. The summed E-state index contributed by atoms with van der Waals surface area (Å²) in [6.07, 6.45) is -2.76. The van der Waals surface area contributed by atoms with Crippen LogP contribution in [0.5, 0.6) is 0 Å². The SMILES string of the molecule is Cc1cccc2[nH]c3c(N4CCN(c5cccc(C(F)(F)F)c5)CC4)ncnc3c12. The van der Waals surface area contributed by atoms with Crippen molar-refractivity contribution >= 4 is 33.4 Å². The van der Waals surface area contributed by atoms with Crippen LogP contribution in [0.3, 0.4) is 0 Å². The van der Waals surface area contributed by atoms with Crippen molar-refractivity contribution in [3.63, 3.8) is 0 Å². The maximum Gasteiger partial charge on any atom is 0.416 e. The molecule has 154 valence electrons. The Morgan fingerprint density at radius 1 is 0.933 bits per heavy atom. The van der Waals surface area contributed by atoms with E-state index in [1.165, 1.54) is 12.1 Å². The van der Waals surface area contributed by atoms with Crippen molar-refractivity contribution in [2.45, 2.75) is 13.1 Å². The zero-order valence-corrected chi connectivity index (χ0v) is 16.4. The zero-order chi connectivity index (χ0) is 20.9. The molecular weight excluding hydrogens is 391 g/mol. The zero-order valence-electron chi connectivity index (χ0n) is 16.4. The Morgan fingerprint density at radius 3 is 2.43 bits per heavy atom. The number of alkyl halides is 3. The molecule has 0 radical (unpaired) electrons. The minimum Gasteiger partial charge on any atom is -0.368 e. The quantitative estimate of drug-likeness (QED) is 0.517. The predicted octanol–water partition coefficient (Wildman–Crippen LogP) is 4.76. The minimum atomic E-state index is -4.34. The van der Waals surface area contributed by atoms with E-state index in [1.54, 1.807) is 12.4 Å². The molecule has 0 unspecified atom stereocenters. The lowest BCUT2D eigenvalue weighted by Crippen LogP contribution is -2.47. The van der Waals surface area contributed by atoms with Gasteiger partial charge in [-0.3, -0.25) is 0 Å². The smallest absolute Gasteiger partial charge is 0.368 e. The van der Waals surface area contributed by atoms with Crippen LogP contribution in [-0.2, 0) is 6.18 Å². The molecule has 5 nitrogen and oxygen atoms in total. The van der Waals surface area contributed by atoms with Gasteiger partial charge in [0.05, 0.1) is 5.56 Å². The summed E-state index contributed by atoms with van der Waals surface area (Å²) in [4.78, 5) is 16.6. The lowest BCUT2D eigenvalue weighted by molar-refractivity contribution is -0.137. The first-order valence-corrected chi connectivity index (χ1v) is 9.81. The van der Waals surface area contributed by atoms with Gasteiger partial charge < -0.3 is 14.8 Å². The average Bonchev–Trinajstić information content (AvgIpc) is 3.13. The third-order valence-electron chi connectivity index (χ3n) is 5.71. The van der Waals surface area contributed by atoms with Gasteiger partial charge in [-0.05, 0) is 36.8 Å². The van der Waals surface area contributed by atoms with Gasteiger partial charge in [0.1, 0.15) is 17.4 Å². The number of nitrogens with one attached hydrogen (secondary N) is 1. The molecule has 0 bridgehead atoms. The number of hydrogen-bond acceptors (Lipinski definition) is 4. The molecular formula is C22H20F3N5. The fourth-order valence-electron chi connectivity index (χ4n) is 4.20. The van der Waals surface area contributed by atoms with Crippen LogP contribution in [0.4, 0.5) is 24.7 Å². The van der Waals surface area contributed by atoms with Gasteiger partial charge in [0.15, 0.2) is 5.82 Å². The third-order valence-corrected chi connectivity index (χ3v) is 5.71. The van der Waals surface area contributed by atoms with E-state index in [9.17, 15) is 13.2 Å². The molecule has 1 aliphatic heterocycles. The first-order chi connectivity index (χ1) is 14.4. The van der Waals surface area contributed by atoms with Crippen molar-refractivity contribution in [1.29, 1.82) is 0 Å². The van der Waals surface area contributed by atoms with Crippen LogP contribution in [0.2, 0.25) is 0 Å². The number of nitrogens with zero attached hydrogens (tertiary/aromatic N) is 4. The molecule has 1 saturated heterocycles. The number of aromatic nitrogens is 3. The molecule has 0 spiro atoms. The lowest BCUT2D eigenvalue weighted by atomic mass is 10.1. The summed E-state index contributed by atoms with van der Waals surface area (Å²) < 4.78 is 39.1. The summed E-state index contributed by atoms with van der Waals surface area (Å²) in [6.45, 7) is 4.62. The van der Waals surface area contributed by atoms with Crippen LogP contribution < -0.4 is 9.80 Å². The van der Waals surface area contributed by atoms with E-state index in [0.29, 0.717) is 31.9 Å². The maximum atomic E-state index is 13.0. The monoisotopic (exact) mass is 411 g/mol. The highest BCUT2D eigenvalue weighted by atomic mass is 19.4. The van der Waals surface area contributed by atoms with E-state index < -0.39 is 11.7 Å². The molecule has 2 aromatic carbocycles. The van der Waals surface area contributed by atoms with Crippen molar-refractivity contribution in [3.05, 3.63) is 59.9 Å². The van der Waals surface area contributed by atoms with Gasteiger partial charge in [0.2, 0.25) is 0 Å². The molecule has 1 N–H and O–H groups in total. The Kier molecular flexibility index (Phi) is 4.30. The molecule has 1 aliphatic rings. The topological polar surface area (TPSA) is 48.1 Å². The number of fused-ring (bicyclic) bond motifs is 3. The average molecular weight is 411 g/mol. The van der Waals surface area contributed by atoms with Crippen LogP contribution in [-0.4, -0.2) is 41.1 Å². The van der Waals surface area contributed by atoms with E-state index in [0.717, 1.165) is 39.4 Å². The van der Waals surface area contributed by atoms with Gasteiger partial charge in [0, 0.05) is 42.8 Å². The third kappa shape index (κ3) is 3.12. The Morgan fingerprint density at radius 2 is 1.67 bits per heavy atom. The van der Waals surface area contributed by atoms with Crippen molar-refractivity contribution in [3.8, 4) is 0 Å². The summed E-state index contributed by atoms with van der Waals surface area (Å²) in [7, 11) is 0. The number of halogens is 3. The van der Waals surface area contributed by atoms with Gasteiger partial charge in [-0.25, -0.2) is 9.97 Å². The Labute approximate surface area is 171 Å². The molecule has 0 aliphatic carbocycles. The van der Waals surface area contributed by atoms with E-state index in [-0.39, 0.29) is 0 Å². The second-order valence-corrected chi connectivity index (χ2v) is 7.57. The highest BCUT2D eigenvalue weighted by Gasteiger charge is 2.31. The predicted molar refractivity (Wildman–Crippen MR) is 112 cm³/mol. The summed E-state index contributed by atoms with van der Waals surface area (Å²) in [5.41, 5.74) is 3.95. The minimum absolute atomic E-state index is 0.596.